The Kier molecular flexibility index (Phi) is 5.80. The second-order valence-corrected chi connectivity index (χ2v) is 9.74. The van der Waals surface area contributed by atoms with E-state index < -0.39 is 5.69 Å². The number of rotatable bonds is 4. The van der Waals surface area contributed by atoms with Crippen molar-refractivity contribution >= 4 is 51.3 Å². The zero-order chi connectivity index (χ0) is 26.6. The maximum atomic E-state index is 13.4. The van der Waals surface area contributed by atoms with E-state index in [2.05, 4.69) is 28.3 Å². The van der Waals surface area contributed by atoms with E-state index in [4.69, 9.17) is 16.3 Å². The van der Waals surface area contributed by atoms with E-state index >= 15 is 0 Å². The minimum absolute atomic E-state index is 0.140. The lowest BCUT2D eigenvalue weighted by Crippen LogP contribution is -2.56. The molecule has 6 rings (SSSR count). The molecule has 2 aromatic heterocycles. The number of H-pyrrole nitrogens is 1. The fourth-order valence-corrected chi connectivity index (χ4v) is 5.71. The van der Waals surface area contributed by atoms with E-state index in [1.165, 1.54) is 10.6 Å². The van der Waals surface area contributed by atoms with E-state index in [9.17, 15) is 9.59 Å². The van der Waals surface area contributed by atoms with Crippen molar-refractivity contribution < 1.29 is 9.53 Å². The number of aromatic nitrogens is 4. The first-order valence-electron chi connectivity index (χ1n) is 12.2. The predicted octanol–water partition coefficient (Wildman–Crippen LogP) is 4.15. The second-order valence-electron chi connectivity index (χ2n) is 9.36. The van der Waals surface area contributed by atoms with E-state index in [0.29, 0.717) is 47.1 Å². The molecule has 38 heavy (non-hydrogen) atoms. The Morgan fingerprint density at radius 3 is 2.92 bits per heavy atom. The number of allylic oxidation sites excluding steroid dienone is 2. The quantitative estimate of drug-likeness (QED) is 0.316. The van der Waals surface area contributed by atoms with Crippen LogP contribution < -0.4 is 15.3 Å². The summed E-state index contributed by atoms with van der Waals surface area (Å²) in [4.78, 5) is 34.0. The minimum Gasteiger partial charge on any atom is -0.489 e. The molecule has 2 aliphatic rings. The van der Waals surface area contributed by atoms with Crippen LogP contribution in [0.2, 0.25) is 5.02 Å². The number of amides is 1. The monoisotopic (exact) mass is 528 g/mol. The van der Waals surface area contributed by atoms with Crippen molar-refractivity contribution in [2.75, 3.05) is 31.1 Å². The van der Waals surface area contributed by atoms with Gasteiger partial charge in [0, 0.05) is 36.8 Å². The van der Waals surface area contributed by atoms with Crippen molar-refractivity contribution in [3.05, 3.63) is 76.9 Å². The smallest absolute Gasteiger partial charge is 0.354 e. The molecule has 2 aliphatic heterocycles. The lowest BCUT2D eigenvalue weighted by Gasteiger charge is -2.40. The van der Waals surface area contributed by atoms with Gasteiger partial charge < -0.3 is 14.5 Å². The molecule has 1 saturated heterocycles. The number of hydrogen-bond donors (Lipinski definition) is 1. The van der Waals surface area contributed by atoms with Gasteiger partial charge in [0.05, 0.1) is 33.7 Å². The highest BCUT2D eigenvalue weighted by Gasteiger charge is 2.36. The van der Waals surface area contributed by atoms with Crippen LogP contribution in [-0.4, -0.2) is 62.8 Å². The number of benzene rings is 2. The Bertz CT molecular complexity index is 1740. The van der Waals surface area contributed by atoms with Crippen LogP contribution >= 0.6 is 11.6 Å². The molecule has 1 amide bonds. The molecule has 0 radical (unpaired) electrons. The molecule has 9 nitrogen and oxygen atoms in total. The Morgan fingerprint density at radius 2 is 2.13 bits per heavy atom. The fourth-order valence-electron chi connectivity index (χ4n) is 5.42. The number of halogens is 1. The number of aromatic amines is 1. The zero-order valence-corrected chi connectivity index (χ0v) is 21.5. The molecule has 10 heteroatoms. The number of carbonyl (C=O) groups excluding carboxylic acids is 1. The average molecular weight is 529 g/mol. The largest absolute Gasteiger partial charge is 0.489 e. The number of carbonyl (C=O) groups is 1. The van der Waals surface area contributed by atoms with E-state index in [1.54, 1.807) is 29.4 Å². The van der Waals surface area contributed by atoms with Gasteiger partial charge in [-0.2, -0.15) is 10.1 Å². The third-order valence-corrected chi connectivity index (χ3v) is 7.60. The first-order valence-corrected chi connectivity index (χ1v) is 12.6. The third kappa shape index (κ3) is 3.61. The van der Waals surface area contributed by atoms with E-state index in [0.717, 1.165) is 27.6 Å². The molecular weight excluding hydrogens is 504 g/mol. The van der Waals surface area contributed by atoms with Crippen LogP contribution in [-0.2, 0) is 4.79 Å². The zero-order valence-electron chi connectivity index (χ0n) is 20.8. The van der Waals surface area contributed by atoms with Gasteiger partial charge in [0.1, 0.15) is 12.4 Å². The summed E-state index contributed by atoms with van der Waals surface area (Å²) in [7, 11) is 0. The van der Waals surface area contributed by atoms with Gasteiger partial charge in [0.2, 0.25) is 5.91 Å². The number of hydrogen-bond acceptors (Lipinski definition) is 6. The summed E-state index contributed by atoms with van der Waals surface area (Å²) < 4.78 is 7.90. The lowest BCUT2D eigenvalue weighted by atomic mass is 9.95. The van der Waals surface area contributed by atoms with Crippen LogP contribution in [0, 0.1) is 6.92 Å². The van der Waals surface area contributed by atoms with Crippen molar-refractivity contribution in [2.24, 2.45) is 0 Å². The van der Waals surface area contributed by atoms with Crippen LogP contribution in [0.4, 0.5) is 5.82 Å². The fraction of sp³-hybridized carbons (Fsp3) is 0.214. The molecule has 4 heterocycles. The average Bonchev–Trinajstić information content (AvgIpc) is 3.33. The SMILES string of the molecule is C=C/C=C/n1c(=O)nc2c3c(c(Cl)c(-c4c(C)ccc5[nH]ncc45)cc31)OC[C@@H]1CN(C(=O)C=C)CCN21. The summed E-state index contributed by atoms with van der Waals surface area (Å²) in [6.45, 7) is 11.0. The van der Waals surface area contributed by atoms with E-state index in [-0.39, 0.29) is 18.6 Å². The molecule has 0 spiro atoms. The van der Waals surface area contributed by atoms with Gasteiger partial charge in [-0.15, -0.1) is 0 Å². The van der Waals surface area contributed by atoms with Crippen molar-refractivity contribution in [3.63, 3.8) is 0 Å². The first-order chi connectivity index (χ1) is 18.4. The van der Waals surface area contributed by atoms with Gasteiger partial charge in [-0.05, 0) is 42.3 Å². The number of ether oxygens (including phenoxy) is 1. The standard InChI is InChI=1S/C28H25ClN6O3/c1-4-6-9-35-21-12-18(23-16(3)7-8-20-19(23)13-30-32-20)25(29)26-24(21)27(31-28(35)37)34-11-10-33(22(36)5-2)14-17(34)15-38-26/h4-9,12-13,17H,1-2,10-11,14-15H2,3H3,(H,30,32)/b9-6+/t17-/m0/s1. The molecule has 2 aromatic carbocycles. The predicted molar refractivity (Wildman–Crippen MR) is 150 cm³/mol. The van der Waals surface area contributed by atoms with Gasteiger partial charge >= 0.3 is 5.69 Å². The van der Waals surface area contributed by atoms with Gasteiger partial charge in [0.25, 0.3) is 0 Å². The topological polar surface area (TPSA) is 96.3 Å². The molecule has 4 aromatic rings. The Hall–Kier alpha value is -4.37. The van der Waals surface area contributed by atoms with Gasteiger partial charge in [0.15, 0.2) is 5.75 Å². The Morgan fingerprint density at radius 1 is 1.29 bits per heavy atom. The third-order valence-electron chi connectivity index (χ3n) is 7.23. The molecule has 0 unspecified atom stereocenters. The van der Waals surface area contributed by atoms with Crippen LogP contribution in [0.25, 0.3) is 39.1 Å². The Labute approximate surface area is 223 Å². The van der Waals surface area contributed by atoms with Crippen molar-refractivity contribution in [1.82, 2.24) is 24.6 Å². The minimum atomic E-state index is -0.437. The normalized spacial score (nSPS) is 16.9. The number of nitrogens with one attached hydrogen (secondary N) is 1. The summed E-state index contributed by atoms with van der Waals surface area (Å²) in [5.74, 6) is 0.819. The summed E-state index contributed by atoms with van der Waals surface area (Å²) in [6.07, 6.45) is 8.00. The maximum Gasteiger partial charge on any atom is 0.354 e. The molecule has 1 N–H and O–H groups in total. The number of fused-ring (bicyclic) bond motifs is 3. The number of aryl methyl sites for hydroxylation is 1. The number of piperazine rings is 1. The summed E-state index contributed by atoms with van der Waals surface area (Å²) in [5, 5.41) is 9.22. The summed E-state index contributed by atoms with van der Waals surface area (Å²) >= 11 is 7.13. The molecule has 1 atom stereocenters. The van der Waals surface area contributed by atoms with E-state index in [1.807, 2.05) is 30.0 Å². The van der Waals surface area contributed by atoms with Crippen molar-refractivity contribution in [1.29, 1.82) is 0 Å². The molecule has 0 aliphatic carbocycles. The van der Waals surface area contributed by atoms with Crippen LogP contribution in [0.3, 0.4) is 0 Å². The molecular formula is C28H25ClN6O3. The first kappa shape index (κ1) is 24.0. The van der Waals surface area contributed by atoms with Crippen LogP contribution in [0.1, 0.15) is 5.56 Å². The van der Waals surface area contributed by atoms with Gasteiger partial charge in [-0.25, -0.2) is 4.79 Å². The van der Waals surface area contributed by atoms with Gasteiger partial charge in [-0.1, -0.05) is 36.9 Å². The van der Waals surface area contributed by atoms with Crippen molar-refractivity contribution in [3.8, 4) is 16.9 Å². The molecule has 0 bridgehead atoms. The summed E-state index contributed by atoms with van der Waals surface area (Å²) in [6, 6.07) is 5.68. The lowest BCUT2D eigenvalue weighted by molar-refractivity contribution is -0.126. The van der Waals surface area contributed by atoms with Crippen LogP contribution in [0.15, 0.2) is 60.6 Å². The number of anilines is 1. The van der Waals surface area contributed by atoms with Crippen molar-refractivity contribution in [2.45, 2.75) is 13.0 Å². The van der Waals surface area contributed by atoms with Gasteiger partial charge in [-0.3, -0.25) is 14.5 Å². The second kappa shape index (κ2) is 9.18. The molecule has 1 fully saturated rings. The Balaban J connectivity index is 1.65. The number of nitrogens with zero attached hydrogens (tertiary/aromatic N) is 5. The maximum absolute atomic E-state index is 13.4. The van der Waals surface area contributed by atoms with Crippen LogP contribution in [0.5, 0.6) is 5.75 Å². The highest BCUT2D eigenvalue weighted by Crippen LogP contribution is 2.47. The summed E-state index contributed by atoms with van der Waals surface area (Å²) in [5.41, 5.74) is 3.67. The highest BCUT2D eigenvalue weighted by molar-refractivity contribution is 6.37. The highest BCUT2D eigenvalue weighted by atomic mass is 35.5. The molecule has 0 saturated carbocycles. The molecule has 192 valence electrons.